The average molecular weight is 758 g/mol. The Hall–Kier alpha value is -7.47. The number of fused-ring (bicyclic) bond motifs is 10. The van der Waals surface area contributed by atoms with E-state index >= 15 is 0 Å². The summed E-state index contributed by atoms with van der Waals surface area (Å²) in [6, 6.07) is 66.0. The van der Waals surface area contributed by atoms with Crippen molar-refractivity contribution in [1.29, 1.82) is 0 Å². The van der Waals surface area contributed by atoms with Gasteiger partial charge in [-0.2, -0.15) is 0 Å². The maximum absolute atomic E-state index is 6.26. The van der Waals surface area contributed by atoms with Crippen LogP contribution in [0.3, 0.4) is 0 Å². The smallest absolute Gasteiger partial charge is 0.160 e. The zero-order valence-corrected chi connectivity index (χ0v) is 31.9. The maximum Gasteiger partial charge on any atom is 0.160 e. The molecule has 4 aromatic heterocycles. The molecule has 0 fully saturated rings. The zero-order valence-electron chi connectivity index (χ0n) is 31.1. The van der Waals surface area contributed by atoms with Crippen LogP contribution in [0.4, 0.5) is 0 Å². The second-order valence-electron chi connectivity index (χ2n) is 14.7. The second-order valence-corrected chi connectivity index (χ2v) is 15.8. The number of pyridine rings is 1. The van der Waals surface area contributed by atoms with Crippen LogP contribution in [0.1, 0.15) is 0 Å². The molecule has 0 aliphatic rings. The summed E-state index contributed by atoms with van der Waals surface area (Å²) >= 11 is 1.85. The van der Waals surface area contributed by atoms with Crippen LogP contribution in [0.2, 0.25) is 0 Å². The Balaban J connectivity index is 0.992. The van der Waals surface area contributed by atoms with Gasteiger partial charge >= 0.3 is 0 Å². The van der Waals surface area contributed by atoms with Crippen molar-refractivity contribution in [3.63, 3.8) is 0 Å². The van der Waals surface area contributed by atoms with E-state index in [9.17, 15) is 0 Å². The fourth-order valence-electron chi connectivity index (χ4n) is 8.48. The van der Waals surface area contributed by atoms with Gasteiger partial charge in [-0.1, -0.05) is 140 Å². The van der Waals surface area contributed by atoms with E-state index in [4.69, 9.17) is 19.4 Å². The van der Waals surface area contributed by atoms with E-state index in [0.717, 1.165) is 88.7 Å². The average Bonchev–Trinajstić information content (AvgIpc) is 3.87. The summed E-state index contributed by atoms with van der Waals surface area (Å²) in [5, 5.41) is 8.35. The molecule has 0 N–H and O–H groups in total. The fourth-order valence-corrected chi connectivity index (χ4v) is 9.60. The largest absolute Gasteiger partial charge is 0.456 e. The number of para-hydroxylation sites is 1. The first-order valence-corrected chi connectivity index (χ1v) is 20.2. The molecule has 0 saturated carbocycles. The summed E-state index contributed by atoms with van der Waals surface area (Å²) < 4.78 is 8.84. The Bertz CT molecular complexity index is 3550. The number of aromatic nitrogens is 3. The Morgan fingerprint density at radius 3 is 1.81 bits per heavy atom. The number of hydrogen-bond acceptors (Lipinski definition) is 5. The first-order valence-electron chi connectivity index (χ1n) is 19.4. The van der Waals surface area contributed by atoms with Gasteiger partial charge in [0.05, 0.1) is 22.6 Å². The number of benzene rings is 8. The quantitative estimate of drug-likeness (QED) is 0.164. The van der Waals surface area contributed by atoms with Gasteiger partial charge in [0, 0.05) is 69.4 Å². The van der Waals surface area contributed by atoms with E-state index in [1.165, 1.54) is 25.6 Å². The fraction of sp³-hybridized carbons (Fsp3) is 0. The van der Waals surface area contributed by atoms with Gasteiger partial charge in [-0.3, -0.25) is 0 Å². The molecule has 0 radical (unpaired) electrons. The molecule has 0 amide bonds. The molecule has 12 rings (SSSR count). The first kappa shape index (κ1) is 32.7. The van der Waals surface area contributed by atoms with Crippen molar-refractivity contribution in [2.24, 2.45) is 0 Å². The van der Waals surface area contributed by atoms with Crippen LogP contribution in [0.5, 0.6) is 0 Å². The standard InChI is InChI=1S/C53H31N3OS/c1-3-11-34(12-4-1)52-41-26-28-49-51(40-16-8-10-18-48(40)58-49)50(41)42-29-36(24-27-43(42)54-52)32-19-21-33(22-20-32)44-31-45(56-53(55-44)35-13-5-2-6-14-35)37-23-25-39-38-15-7-9-17-46(38)57-47(39)30-37/h1-31H. The van der Waals surface area contributed by atoms with Gasteiger partial charge in [0.25, 0.3) is 0 Å². The maximum atomic E-state index is 6.26. The summed E-state index contributed by atoms with van der Waals surface area (Å²) in [6.45, 7) is 0. The predicted octanol–water partition coefficient (Wildman–Crippen LogP) is 14.8. The highest BCUT2D eigenvalue weighted by Gasteiger charge is 2.18. The topological polar surface area (TPSA) is 51.8 Å². The molecule has 58 heavy (non-hydrogen) atoms. The lowest BCUT2D eigenvalue weighted by atomic mass is 9.94. The number of hydrogen-bond donors (Lipinski definition) is 0. The highest BCUT2D eigenvalue weighted by atomic mass is 32.1. The van der Waals surface area contributed by atoms with Crippen molar-refractivity contribution in [3.8, 4) is 56.3 Å². The van der Waals surface area contributed by atoms with Crippen molar-refractivity contribution in [2.75, 3.05) is 0 Å². The molecular weight excluding hydrogens is 727 g/mol. The monoisotopic (exact) mass is 757 g/mol. The third kappa shape index (κ3) is 5.32. The van der Waals surface area contributed by atoms with Gasteiger partial charge in [-0.15, -0.1) is 11.3 Å². The zero-order chi connectivity index (χ0) is 38.2. The molecule has 4 heterocycles. The molecule has 0 unspecified atom stereocenters. The molecule has 0 aliphatic carbocycles. The highest BCUT2D eigenvalue weighted by Crippen LogP contribution is 2.44. The van der Waals surface area contributed by atoms with Crippen LogP contribution in [0, 0.1) is 0 Å². The predicted molar refractivity (Wildman–Crippen MR) is 242 cm³/mol. The molecule has 0 aliphatic heterocycles. The van der Waals surface area contributed by atoms with Crippen LogP contribution in [0.25, 0.3) is 120 Å². The van der Waals surface area contributed by atoms with Crippen molar-refractivity contribution in [2.45, 2.75) is 0 Å². The van der Waals surface area contributed by atoms with E-state index in [1.54, 1.807) is 0 Å². The third-order valence-corrected chi connectivity index (χ3v) is 12.4. The molecule has 12 aromatic rings. The number of furan rings is 1. The van der Waals surface area contributed by atoms with Crippen molar-refractivity contribution in [1.82, 2.24) is 15.0 Å². The second kappa shape index (κ2) is 13.1. The minimum Gasteiger partial charge on any atom is -0.456 e. The Morgan fingerprint density at radius 2 is 0.983 bits per heavy atom. The summed E-state index contributed by atoms with van der Waals surface area (Å²) in [4.78, 5) is 15.5. The summed E-state index contributed by atoms with van der Waals surface area (Å²) in [6.07, 6.45) is 0. The Labute approximate surface area is 337 Å². The summed E-state index contributed by atoms with van der Waals surface area (Å²) in [5.74, 6) is 0.679. The first-order chi connectivity index (χ1) is 28.7. The summed E-state index contributed by atoms with van der Waals surface area (Å²) in [7, 11) is 0. The van der Waals surface area contributed by atoms with E-state index in [1.807, 2.05) is 47.7 Å². The number of rotatable bonds is 5. The normalized spacial score (nSPS) is 11.8. The van der Waals surface area contributed by atoms with E-state index in [2.05, 4.69) is 152 Å². The number of nitrogens with zero attached hydrogens (tertiary/aromatic N) is 3. The van der Waals surface area contributed by atoms with Crippen LogP contribution >= 0.6 is 11.3 Å². The van der Waals surface area contributed by atoms with Crippen molar-refractivity contribution >= 4 is 75.1 Å². The molecule has 270 valence electrons. The van der Waals surface area contributed by atoms with Gasteiger partial charge in [-0.25, -0.2) is 15.0 Å². The van der Waals surface area contributed by atoms with E-state index < -0.39 is 0 Å². The van der Waals surface area contributed by atoms with Crippen LogP contribution in [-0.2, 0) is 0 Å². The lowest BCUT2D eigenvalue weighted by molar-refractivity contribution is 0.669. The van der Waals surface area contributed by atoms with E-state index in [-0.39, 0.29) is 0 Å². The molecule has 0 bridgehead atoms. The minimum atomic E-state index is 0.679. The minimum absolute atomic E-state index is 0.679. The van der Waals surface area contributed by atoms with Gasteiger partial charge in [0.15, 0.2) is 5.82 Å². The lowest BCUT2D eigenvalue weighted by Gasteiger charge is -2.13. The SMILES string of the molecule is c1ccc(-c2nc(-c3ccc(-c4ccc5nc(-c6ccccc6)c6ccc7sc8ccccc8c7c6c5c4)cc3)cc(-c3ccc4c(c3)oc3ccccc34)n2)cc1. The van der Waals surface area contributed by atoms with Gasteiger partial charge in [0.1, 0.15) is 11.2 Å². The number of thiophene rings is 1. The molecule has 0 atom stereocenters. The van der Waals surface area contributed by atoms with Crippen molar-refractivity contribution < 1.29 is 4.42 Å². The van der Waals surface area contributed by atoms with Crippen molar-refractivity contribution in [3.05, 3.63) is 188 Å². The van der Waals surface area contributed by atoms with Crippen LogP contribution in [-0.4, -0.2) is 15.0 Å². The van der Waals surface area contributed by atoms with Crippen LogP contribution in [0.15, 0.2) is 192 Å². The molecule has 0 saturated heterocycles. The van der Waals surface area contributed by atoms with Gasteiger partial charge in [0.2, 0.25) is 0 Å². The van der Waals surface area contributed by atoms with E-state index in [0.29, 0.717) is 5.82 Å². The molecule has 5 heteroatoms. The Kier molecular flexibility index (Phi) is 7.37. The van der Waals surface area contributed by atoms with Gasteiger partial charge in [-0.05, 0) is 59.7 Å². The Morgan fingerprint density at radius 1 is 0.345 bits per heavy atom. The van der Waals surface area contributed by atoms with Gasteiger partial charge < -0.3 is 4.42 Å². The third-order valence-electron chi connectivity index (χ3n) is 11.3. The molecular formula is C53H31N3OS. The molecule has 4 nitrogen and oxygen atoms in total. The lowest BCUT2D eigenvalue weighted by Crippen LogP contribution is -1.96. The summed E-state index contributed by atoms with van der Waals surface area (Å²) in [5.41, 5.74) is 11.7. The van der Waals surface area contributed by atoms with Crippen LogP contribution < -0.4 is 0 Å². The molecule has 0 spiro atoms. The highest BCUT2D eigenvalue weighted by molar-refractivity contribution is 7.26. The molecule has 8 aromatic carbocycles.